The first-order valence-corrected chi connectivity index (χ1v) is 4.10. The third kappa shape index (κ3) is 2.58. The largest absolute Gasteiger partial charge is 0.309 e. The minimum atomic E-state index is 0.686. The van der Waals surface area contributed by atoms with Crippen molar-refractivity contribution in [2.75, 3.05) is 13.6 Å². The van der Waals surface area contributed by atoms with E-state index >= 15 is 0 Å². The van der Waals surface area contributed by atoms with Crippen molar-refractivity contribution in [3.8, 4) is 11.8 Å². The average Bonchev–Trinajstić information content (AvgIpc) is 2.09. The molecule has 2 heteroatoms. The van der Waals surface area contributed by atoms with Gasteiger partial charge in [-0.2, -0.15) is 0 Å². The van der Waals surface area contributed by atoms with Gasteiger partial charge in [-0.1, -0.05) is 35.6 Å². The summed E-state index contributed by atoms with van der Waals surface area (Å²) < 4.78 is 0. The van der Waals surface area contributed by atoms with E-state index < -0.39 is 0 Å². The highest BCUT2D eigenvalue weighted by Crippen LogP contribution is 2.12. The van der Waals surface area contributed by atoms with Crippen LogP contribution in [0.4, 0.5) is 0 Å². The monoisotopic (exact) mass is 179 g/mol. The molecule has 0 fully saturated rings. The SMILES string of the molecule is CNCC#Cc1ccccc1Cl. The first kappa shape index (κ1) is 9.12. The molecule has 0 amide bonds. The quantitative estimate of drug-likeness (QED) is 0.650. The minimum Gasteiger partial charge on any atom is -0.309 e. The van der Waals surface area contributed by atoms with E-state index in [0.29, 0.717) is 11.6 Å². The summed E-state index contributed by atoms with van der Waals surface area (Å²) in [5.74, 6) is 5.92. The molecule has 1 N–H and O–H groups in total. The summed E-state index contributed by atoms with van der Waals surface area (Å²) in [6.07, 6.45) is 0. The van der Waals surface area contributed by atoms with E-state index in [9.17, 15) is 0 Å². The fraction of sp³-hybridized carbons (Fsp3) is 0.200. The molecule has 0 aromatic heterocycles. The molecule has 1 rings (SSSR count). The van der Waals surface area contributed by atoms with Crippen LogP contribution in [0.5, 0.6) is 0 Å². The number of hydrogen-bond donors (Lipinski definition) is 1. The molecule has 1 nitrogen and oxygen atoms in total. The first-order chi connectivity index (χ1) is 5.84. The second-order valence-electron chi connectivity index (χ2n) is 2.31. The first-order valence-electron chi connectivity index (χ1n) is 3.72. The predicted molar refractivity (Wildman–Crippen MR) is 52.3 cm³/mol. The van der Waals surface area contributed by atoms with Crippen LogP contribution in [0.1, 0.15) is 5.56 Å². The lowest BCUT2D eigenvalue weighted by Crippen LogP contribution is -2.04. The van der Waals surface area contributed by atoms with Crippen LogP contribution in [-0.2, 0) is 0 Å². The lowest BCUT2D eigenvalue weighted by atomic mass is 10.2. The van der Waals surface area contributed by atoms with Crippen molar-refractivity contribution in [3.63, 3.8) is 0 Å². The fourth-order valence-corrected chi connectivity index (χ4v) is 0.973. The highest BCUT2D eigenvalue weighted by molar-refractivity contribution is 6.31. The van der Waals surface area contributed by atoms with Crippen LogP contribution in [0.2, 0.25) is 5.02 Å². The zero-order chi connectivity index (χ0) is 8.81. The second kappa shape index (κ2) is 4.82. The van der Waals surface area contributed by atoms with Gasteiger partial charge in [-0.25, -0.2) is 0 Å². The number of rotatable bonds is 1. The van der Waals surface area contributed by atoms with Gasteiger partial charge in [0, 0.05) is 5.56 Å². The molecule has 1 aromatic rings. The van der Waals surface area contributed by atoms with Crippen molar-refractivity contribution >= 4 is 11.6 Å². The third-order valence-electron chi connectivity index (χ3n) is 1.36. The van der Waals surface area contributed by atoms with Crippen molar-refractivity contribution < 1.29 is 0 Å². The molecular weight excluding hydrogens is 170 g/mol. The Labute approximate surface area is 77.7 Å². The summed E-state index contributed by atoms with van der Waals surface area (Å²) in [4.78, 5) is 0. The Bertz CT molecular complexity index is 309. The summed E-state index contributed by atoms with van der Waals surface area (Å²) in [7, 11) is 1.86. The highest BCUT2D eigenvalue weighted by Gasteiger charge is 1.91. The van der Waals surface area contributed by atoms with E-state index in [0.717, 1.165) is 5.56 Å². The topological polar surface area (TPSA) is 12.0 Å². The molecule has 0 saturated carbocycles. The summed E-state index contributed by atoms with van der Waals surface area (Å²) in [5, 5.41) is 3.65. The maximum Gasteiger partial charge on any atom is 0.0577 e. The number of halogens is 1. The lowest BCUT2D eigenvalue weighted by molar-refractivity contribution is 0.938. The fourth-order valence-electron chi connectivity index (χ4n) is 0.790. The zero-order valence-electron chi connectivity index (χ0n) is 6.89. The van der Waals surface area contributed by atoms with E-state index in [2.05, 4.69) is 17.2 Å². The number of benzene rings is 1. The van der Waals surface area contributed by atoms with Gasteiger partial charge in [0.15, 0.2) is 0 Å². The summed E-state index contributed by atoms with van der Waals surface area (Å²) >= 11 is 5.88. The molecule has 0 aliphatic carbocycles. The van der Waals surface area contributed by atoms with E-state index in [1.807, 2.05) is 31.3 Å². The Morgan fingerprint density at radius 1 is 1.42 bits per heavy atom. The van der Waals surface area contributed by atoms with Gasteiger partial charge in [0.2, 0.25) is 0 Å². The maximum absolute atomic E-state index is 5.88. The van der Waals surface area contributed by atoms with Gasteiger partial charge < -0.3 is 5.32 Å². The third-order valence-corrected chi connectivity index (χ3v) is 1.69. The van der Waals surface area contributed by atoms with Gasteiger partial charge >= 0.3 is 0 Å². The normalized spacial score (nSPS) is 8.83. The molecule has 12 heavy (non-hydrogen) atoms. The second-order valence-corrected chi connectivity index (χ2v) is 2.72. The Kier molecular flexibility index (Phi) is 3.66. The Morgan fingerprint density at radius 3 is 2.83 bits per heavy atom. The number of hydrogen-bond acceptors (Lipinski definition) is 1. The van der Waals surface area contributed by atoms with Crippen LogP contribution < -0.4 is 5.32 Å². The number of nitrogens with one attached hydrogen (secondary N) is 1. The molecule has 1 aromatic carbocycles. The van der Waals surface area contributed by atoms with Gasteiger partial charge in [-0.15, -0.1) is 0 Å². The van der Waals surface area contributed by atoms with E-state index in [-0.39, 0.29) is 0 Å². The molecular formula is C10H10ClN. The van der Waals surface area contributed by atoms with Gasteiger partial charge in [0.25, 0.3) is 0 Å². The van der Waals surface area contributed by atoms with Gasteiger partial charge in [0.1, 0.15) is 0 Å². The van der Waals surface area contributed by atoms with Gasteiger partial charge in [-0.3, -0.25) is 0 Å². The predicted octanol–water partition coefficient (Wildman–Crippen LogP) is 1.91. The summed E-state index contributed by atoms with van der Waals surface area (Å²) in [6.45, 7) is 0.686. The average molecular weight is 180 g/mol. The van der Waals surface area contributed by atoms with Crippen molar-refractivity contribution in [1.82, 2.24) is 5.32 Å². The molecule has 0 bridgehead atoms. The van der Waals surface area contributed by atoms with Crippen molar-refractivity contribution in [1.29, 1.82) is 0 Å². The molecule has 0 heterocycles. The minimum absolute atomic E-state index is 0.686. The van der Waals surface area contributed by atoms with E-state index in [4.69, 9.17) is 11.6 Å². The Morgan fingerprint density at radius 2 is 2.17 bits per heavy atom. The van der Waals surface area contributed by atoms with Crippen molar-refractivity contribution in [3.05, 3.63) is 34.9 Å². The molecule has 0 spiro atoms. The van der Waals surface area contributed by atoms with E-state index in [1.165, 1.54) is 0 Å². The molecule has 0 aliphatic heterocycles. The smallest absolute Gasteiger partial charge is 0.0577 e. The van der Waals surface area contributed by atoms with Crippen LogP contribution >= 0.6 is 11.6 Å². The Balaban J connectivity index is 2.77. The highest BCUT2D eigenvalue weighted by atomic mass is 35.5. The molecule has 0 atom stereocenters. The van der Waals surface area contributed by atoms with Crippen molar-refractivity contribution in [2.45, 2.75) is 0 Å². The molecule has 0 saturated heterocycles. The summed E-state index contributed by atoms with van der Waals surface area (Å²) in [5.41, 5.74) is 0.884. The summed E-state index contributed by atoms with van der Waals surface area (Å²) in [6, 6.07) is 7.57. The van der Waals surface area contributed by atoms with Crippen LogP contribution in [0, 0.1) is 11.8 Å². The van der Waals surface area contributed by atoms with Crippen LogP contribution in [-0.4, -0.2) is 13.6 Å². The molecule has 0 radical (unpaired) electrons. The van der Waals surface area contributed by atoms with Crippen molar-refractivity contribution in [2.24, 2.45) is 0 Å². The zero-order valence-corrected chi connectivity index (χ0v) is 7.65. The van der Waals surface area contributed by atoms with Crippen LogP contribution in [0.15, 0.2) is 24.3 Å². The standard InChI is InChI=1S/C10H10ClN/c1-12-8-4-6-9-5-2-3-7-10(9)11/h2-3,5,7,12H,8H2,1H3. The van der Waals surface area contributed by atoms with Gasteiger partial charge in [-0.05, 0) is 19.2 Å². The molecule has 62 valence electrons. The van der Waals surface area contributed by atoms with Crippen LogP contribution in [0.3, 0.4) is 0 Å². The molecule has 0 aliphatic rings. The van der Waals surface area contributed by atoms with Crippen LogP contribution in [0.25, 0.3) is 0 Å². The Hall–Kier alpha value is -0.970. The molecule has 0 unspecified atom stereocenters. The van der Waals surface area contributed by atoms with Gasteiger partial charge in [0.05, 0.1) is 11.6 Å². The lowest BCUT2D eigenvalue weighted by Gasteiger charge is -1.92. The maximum atomic E-state index is 5.88. The van der Waals surface area contributed by atoms with E-state index in [1.54, 1.807) is 0 Å².